The van der Waals surface area contributed by atoms with Crippen molar-refractivity contribution in [2.75, 3.05) is 0 Å². The molecule has 1 aromatic heterocycles. The fraction of sp³-hybridized carbons (Fsp3) is 0.467. The van der Waals surface area contributed by atoms with Crippen LogP contribution in [0.5, 0.6) is 0 Å². The number of amides is 3. The normalized spacial score (nSPS) is 20.6. The molecule has 21 heavy (non-hydrogen) atoms. The maximum absolute atomic E-state index is 12.2. The van der Waals surface area contributed by atoms with Gasteiger partial charge in [0, 0.05) is 24.7 Å². The van der Waals surface area contributed by atoms with Crippen molar-refractivity contribution in [3.05, 3.63) is 29.1 Å². The Morgan fingerprint density at radius 1 is 1.29 bits per heavy atom. The summed E-state index contributed by atoms with van der Waals surface area (Å²) >= 11 is 0. The summed E-state index contributed by atoms with van der Waals surface area (Å²) in [5.74, 6) is -0.905. The summed E-state index contributed by atoms with van der Waals surface area (Å²) in [7, 11) is 0. The second-order valence-electron chi connectivity index (χ2n) is 4.92. The van der Waals surface area contributed by atoms with Gasteiger partial charge in [-0.1, -0.05) is 19.9 Å². The molecule has 1 saturated heterocycles. The molecule has 1 unspecified atom stereocenters. The van der Waals surface area contributed by atoms with Crippen LogP contribution in [0.15, 0.2) is 12.3 Å². The van der Waals surface area contributed by atoms with Gasteiger partial charge in [0.1, 0.15) is 11.7 Å². The van der Waals surface area contributed by atoms with Crippen LogP contribution in [0.25, 0.3) is 0 Å². The quantitative estimate of drug-likeness (QED) is 0.787. The second-order valence-corrected chi connectivity index (χ2v) is 4.92. The van der Waals surface area contributed by atoms with Crippen LogP contribution >= 0.6 is 0 Å². The topological polar surface area (TPSA) is 79.4 Å². The molecule has 0 spiro atoms. The van der Waals surface area contributed by atoms with Crippen molar-refractivity contribution in [3.63, 3.8) is 0 Å². The van der Waals surface area contributed by atoms with Gasteiger partial charge in [0.2, 0.25) is 11.8 Å². The lowest BCUT2D eigenvalue weighted by Gasteiger charge is -2.29. The lowest BCUT2D eigenvalue weighted by Crippen LogP contribution is -2.52. The number of imide groups is 1. The van der Waals surface area contributed by atoms with E-state index in [4.69, 9.17) is 0 Å². The molecule has 2 aliphatic rings. The third kappa shape index (κ3) is 2.79. The van der Waals surface area contributed by atoms with Crippen molar-refractivity contribution in [2.24, 2.45) is 0 Å². The van der Waals surface area contributed by atoms with Gasteiger partial charge in [-0.3, -0.25) is 24.7 Å². The highest BCUT2D eigenvalue weighted by atomic mass is 16.2. The van der Waals surface area contributed by atoms with Gasteiger partial charge in [-0.05, 0) is 18.9 Å². The smallest absolute Gasteiger partial charge is 0.273 e. The fourth-order valence-electron chi connectivity index (χ4n) is 2.57. The maximum Gasteiger partial charge on any atom is 0.273 e. The SMILES string of the molecule is CC.Cc1cnc2c(c1)CN(C1CCC(=O)NC1=O)C2=O. The van der Waals surface area contributed by atoms with E-state index in [9.17, 15) is 14.4 Å². The molecule has 1 aromatic rings. The lowest BCUT2D eigenvalue weighted by molar-refractivity contribution is -0.136. The molecule has 112 valence electrons. The number of hydrogen-bond acceptors (Lipinski definition) is 4. The number of fused-ring (bicyclic) bond motifs is 1. The first-order valence-corrected chi connectivity index (χ1v) is 7.16. The minimum atomic E-state index is -0.570. The molecule has 3 heterocycles. The van der Waals surface area contributed by atoms with Crippen LogP contribution < -0.4 is 5.32 Å². The van der Waals surface area contributed by atoms with E-state index in [-0.39, 0.29) is 18.2 Å². The summed E-state index contributed by atoms with van der Waals surface area (Å²) in [6, 6.07) is 1.34. The Balaban J connectivity index is 0.000000774. The van der Waals surface area contributed by atoms with Crippen molar-refractivity contribution in [3.8, 4) is 0 Å². The summed E-state index contributed by atoms with van der Waals surface area (Å²) in [6.07, 6.45) is 2.29. The molecule has 0 saturated carbocycles. The number of rotatable bonds is 1. The van der Waals surface area contributed by atoms with Crippen molar-refractivity contribution in [1.29, 1.82) is 0 Å². The largest absolute Gasteiger partial charge is 0.321 e. The second kappa shape index (κ2) is 6.03. The number of carbonyl (C=O) groups is 3. The Kier molecular flexibility index (Phi) is 4.35. The molecule has 1 fully saturated rings. The van der Waals surface area contributed by atoms with Crippen LogP contribution in [0.1, 0.15) is 48.3 Å². The average molecular weight is 289 g/mol. The molecular weight excluding hydrogens is 270 g/mol. The summed E-state index contributed by atoms with van der Waals surface area (Å²) in [5.41, 5.74) is 2.24. The van der Waals surface area contributed by atoms with Crippen molar-refractivity contribution in [2.45, 2.75) is 46.2 Å². The zero-order chi connectivity index (χ0) is 15.6. The Bertz CT molecular complexity index is 598. The predicted octanol–water partition coefficient (Wildman–Crippen LogP) is 1.18. The number of hydrogen-bond donors (Lipinski definition) is 1. The first kappa shape index (κ1) is 15.2. The van der Waals surface area contributed by atoms with E-state index in [1.807, 2.05) is 26.8 Å². The standard InChI is InChI=1S/C13H13N3O3.C2H6/c1-7-4-8-6-16(13(19)11(8)14-5-7)9-2-3-10(17)15-12(9)18;1-2/h4-5,9H,2-3,6H2,1H3,(H,15,17,18);1-2H3. The summed E-state index contributed by atoms with van der Waals surface area (Å²) in [6.45, 7) is 6.29. The van der Waals surface area contributed by atoms with Gasteiger partial charge >= 0.3 is 0 Å². The molecule has 0 radical (unpaired) electrons. The highest BCUT2D eigenvalue weighted by Gasteiger charge is 2.39. The summed E-state index contributed by atoms with van der Waals surface area (Å²) in [5, 5.41) is 2.27. The van der Waals surface area contributed by atoms with E-state index in [1.54, 1.807) is 6.20 Å². The first-order chi connectivity index (χ1) is 10.1. The Morgan fingerprint density at radius 3 is 2.67 bits per heavy atom. The molecule has 6 heteroatoms. The Morgan fingerprint density at radius 2 is 2.00 bits per heavy atom. The minimum absolute atomic E-state index is 0.232. The molecule has 0 bridgehead atoms. The van der Waals surface area contributed by atoms with E-state index in [2.05, 4.69) is 10.3 Å². The van der Waals surface area contributed by atoms with Crippen LogP contribution in [0.2, 0.25) is 0 Å². The van der Waals surface area contributed by atoms with Gasteiger partial charge in [0.25, 0.3) is 5.91 Å². The molecule has 0 aliphatic carbocycles. The first-order valence-electron chi connectivity index (χ1n) is 7.16. The van der Waals surface area contributed by atoms with E-state index in [0.29, 0.717) is 18.7 Å². The number of piperidine rings is 1. The zero-order valence-corrected chi connectivity index (χ0v) is 12.5. The van der Waals surface area contributed by atoms with Crippen molar-refractivity contribution < 1.29 is 14.4 Å². The Hall–Kier alpha value is -2.24. The van der Waals surface area contributed by atoms with Gasteiger partial charge in [-0.2, -0.15) is 0 Å². The van der Waals surface area contributed by atoms with E-state index in [1.165, 1.54) is 4.90 Å². The number of aromatic nitrogens is 1. The van der Waals surface area contributed by atoms with E-state index >= 15 is 0 Å². The van der Waals surface area contributed by atoms with Crippen LogP contribution in [0.4, 0.5) is 0 Å². The highest BCUT2D eigenvalue weighted by molar-refractivity contribution is 6.04. The molecular formula is C15H19N3O3. The lowest BCUT2D eigenvalue weighted by atomic mass is 10.0. The third-order valence-electron chi connectivity index (χ3n) is 3.49. The van der Waals surface area contributed by atoms with E-state index in [0.717, 1.165) is 11.1 Å². The predicted molar refractivity (Wildman–Crippen MR) is 76.4 cm³/mol. The van der Waals surface area contributed by atoms with Gasteiger partial charge in [0.05, 0.1) is 0 Å². The van der Waals surface area contributed by atoms with Crippen molar-refractivity contribution >= 4 is 17.7 Å². The molecule has 3 rings (SSSR count). The van der Waals surface area contributed by atoms with Crippen LogP contribution in [0, 0.1) is 6.92 Å². The average Bonchev–Trinajstić information content (AvgIpc) is 2.77. The third-order valence-corrected chi connectivity index (χ3v) is 3.49. The minimum Gasteiger partial charge on any atom is -0.321 e. The number of nitrogens with one attached hydrogen (secondary N) is 1. The van der Waals surface area contributed by atoms with Crippen molar-refractivity contribution in [1.82, 2.24) is 15.2 Å². The van der Waals surface area contributed by atoms with Gasteiger partial charge in [-0.15, -0.1) is 0 Å². The number of carbonyl (C=O) groups excluding carboxylic acids is 3. The maximum atomic E-state index is 12.2. The molecule has 0 aromatic carbocycles. The number of aryl methyl sites for hydroxylation is 1. The highest BCUT2D eigenvalue weighted by Crippen LogP contribution is 2.26. The molecule has 3 amide bonds. The zero-order valence-electron chi connectivity index (χ0n) is 12.5. The summed E-state index contributed by atoms with van der Waals surface area (Å²) < 4.78 is 0. The molecule has 6 nitrogen and oxygen atoms in total. The van der Waals surface area contributed by atoms with E-state index < -0.39 is 11.9 Å². The fourth-order valence-corrected chi connectivity index (χ4v) is 2.57. The molecule has 1 atom stereocenters. The van der Waals surface area contributed by atoms with Gasteiger partial charge in [0.15, 0.2) is 0 Å². The van der Waals surface area contributed by atoms with Crippen LogP contribution in [-0.4, -0.2) is 33.6 Å². The number of nitrogens with zero attached hydrogens (tertiary/aromatic N) is 2. The monoisotopic (exact) mass is 289 g/mol. The van der Waals surface area contributed by atoms with Crippen LogP contribution in [-0.2, 0) is 16.1 Å². The summed E-state index contributed by atoms with van der Waals surface area (Å²) in [4.78, 5) is 40.8. The molecule has 1 N–H and O–H groups in total. The van der Waals surface area contributed by atoms with Crippen LogP contribution in [0.3, 0.4) is 0 Å². The Labute approximate surface area is 123 Å². The molecule has 2 aliphatic heterocycles. The number of pyridine rings is 1. The van der Waals surface area contributed by atoms with Gasteiger partial charge < -0.3 is 4.90 Å². The van der Waals surface area contributed by atoms with Gasteiger partial charge in [-0.25, -0.2) is 0 Å².